The molecule has 0 saturated carbocycles. The molecule has 0 amide bonds. The summed E-state index contributed by atoms with van der Waals surface area (Å²) in [4.78, 5) is 47.2. The summed E-state index contributed by atoms with van der Waals surface area (Å²) in [6.45, 7) is 23.8. The molecule has 0 unspecified atom stereocenters. The van der Waals surface area contributed by atoms with Gasteiger partial charge in [-0.15, -0.1) is 34.0 Å². The Bertz CT molecular complexity index is 2950. The Labute approximate surface area is 316 Å². The first kappa shape index (κ1) is 32.6. The maximum absolute atomic E-state index is 13.7. The summed E-state index contributed by atoms with van der Waals surface area (Å²) < 4.78 is 2.36. The number of nitrogens with zero attached hydrogens (tertiary/aromatic N) is 6. The highest BCUT2D eigenvalue weighted by Crippen LogP contribution is 2.63. The predicted molar refractivity (Wildman–Crippen MR) is 210 cm³/mol. The highest BCUT2D eigenvalue weighted by molar-refractivity contribution is 7.33. The fourth-order valence-electron chi connectivity index (χ4n) is 7.91. The van der Waals surface area contributed by atoms with Crippen molar-refractivity contribution in [3.63, 3.8) is 0 Å². The number of carbonyl (C=O) groups excluding carboxylic acids is 2. The van der Waals surface area contributed by atoms with Crippen LogP contribution in [-0.2, 0) is 10.8 Å². The topological polar surface area (TPSA) is 115 Å². The molecule has 250 valence electrons. The highest BCUT2D eigenvalue weighted by Gasteiger charge is 2.46. The Morgan fingerprint density at radius 1 is 0.698 bits per heavy atom. The smallest absolute Gasteiger partial charge is 0.271 e. The average Bonchev–Trinajstić information content (AvgIpc) is 3.98. The van der Waals surface area contributed by atoms with Gasteiger partial charge in [0.25, 0.3) is 11.4 Å². The molecule has 11 heteroatoms. The summed E-state index contributed by atoms with van der Waals surface area (Å²) in [6.07, 6.45) is 2.04. The number of Topliss-reactive ketones (excluding diaryl/α,β-unsaturated/α-hetero) is 2. The summed E-state index contributed by atoms with van der Waals surface area (Å²) in [5, 5.41) is 20.2. The van der Waals surface area contributed by atoms with Crippen LogP contribution in [0.25, 0.3) is 46.1 Å². The van der Waals surface area contributed by atoms with Gasteiger partial charge in [0.15, 0.2) is 0 Å². The van der Waals surface area contributed by atoms with Crippen molar-refractivity contribution in [2.24, 2.45) is 9.98 Å². The van der Waals surface area contributed by atoms with Crippen LogP contribution in [0, 0.1) is 35.8 Å². The molecule has 0 saturated heterocycles. The zero-order valence-corrected chi connectivity index (χ0v) is 30.9. The van der Waals surface area contributed by atoms with E-state index in [1.807, 2.05) is 24.3 Å². The SMILES string of the molecule is [C-]#[N+]C(C#N)=C1C(=Nc2cc3c(s2)-c2sc4c5c(sc4c2C3(C)C)C=C(N=C2C(=O)c3ccccc3/C2=C(/C#N)[N+]#[C-])C5(C)C)C(=O)c2ccccc21. The van der Waals surface area contributed by atoms with Gasteiger partial charge in [-0.25, -0.2) is 30.2 Å². The van der Waals surface area contributed by atoms with Crippen LogP contribution < -0.4 is 0 Å². The molecule has 0 N–H and O–H groups in total. The first-order chi connectivity index (χ1) is 25.5. The quantitative estimate of drug-likeness (QED) is 0.132. The predicted octanol–water partition coefficient (Wildman–Crippen LogP) is 10.6. The van der Waals surface area contributed by atoms with E-state index in [4.69, 9.17) is 23.1 Å². The largest absolute Gasteiger partial charge is 0.287 e. The van der Waals surface area contributed by atoms with E-state index < -0.39 is 5.41 Å². The molecule has 3 heterocycles. The van der Waals surface area contributed by atoms with E-state index in [1.165, 1.54) is 21.6 Å². The number of benzene rings is 2. The summed E-state index contributed by atoms with van der Waals surface area (Å²) in [5.41, 5.74) is 5.71. The molecule has 0 aliphatic heterocycles. The first-order valence-electron chi connectivity index (χ1n) is 16.4. The van der Waals surface area contributed by atoms with Crippen LogP contribution in [0.3, 0.4) is 0 Å². The van der Waals surface area contributed by atoms with Crippen LogP contribution in [0.4, 0.5) is 5.00 Å². The summed E-state index contributed by atoms with van der Waals surface area (Å²) in [7, 11) is 0. The standard InChI is InChI=1S/C42H22N6O2S3/c1-41(2)23-15-28(48-34-30(25(18-44)46-6)20-12-8-10-14-22(20)36(34)50)52-37(23)39-32(41)40-38(53-39)31-26(51-40)16-27(42(31,3)4)47-33-29(24(17-43)45-5)19-11-7-9-13-21(19)35(33)49/h7-16H,1-4H3/b29-24+,30-25?,47-33?,48-34?. The van der Waals surface area contributed by atoms with E-state index in [-0.39, 0.29) is 50.9 Å². The van der Waals surface area contributed by atoms with E-state index in [2.05, 4.69) is 37.4 Å². The Hall–Kier alpha value is -6.34. The highest BCUT2D eigenvalue weighted by atomic mass is 32.1. The third-order valence-electron chi connectivity index (χ3n) is 10.5. The normalized spacial score (nSPS) is 20.3. The molecule has 4 aliphatic carbocycles. The lowest BCUT2D eigenvalue weighted by atomic mass is 9.82. The Kier molecular flexibility index (Phi) is 6.81. The maximum atomic E-state index is 13.7. The third-order valence-corrected chi connectivity index (χ3v) is 14.1. The fourth-order valence-corrected chi connectivity index (χ4v) is 12.7. The van der Waals surface area contributed by atoms with Gasteiger partial charge in [-0.1, -0.05) is 76.2 Å². The van der Waals surface area contributed by atoms with Gasteiger partial charge >= 0.3 is 0 Å². The van der Waals surface area contributed by atoms with Gasteiger partial charge in [0.05, 0.1) is 50.1 Å². The lowest BCUT2D eigenvalue weighted by Gasteiger charge is -2.22. The Morgan fingerprint density at radius 3 is 1.77 bits per heavy atom. The molecule has 0 bridgehead atoms. The Morgan fingerprint density at radius 2 is 1.23 bits per heavy atom. The molecule has 5 aromatic rings. The van der Waals surface area contributed by atoms with Crippen molar-refractivity contribution in [2.75, 3.05) is 0 Å². The van der Waals surface area contributed by atoms with Crippen molar-refractivity contribution in [2.45, 2.75) is 38.5 Å². The molecular formula is C42H22N6O2S3. The number of carbonyl (C=O) groups is 2. The van der Waals surface area contributed by atoms with Crippen LogP contribution in [0.2, 0.25) is 0 Å². The molecule has 0 radical (unpaired) electrons. The van der Waals surface area contributed by atoms with Crippen LogP contribution in [0.1, 0.15) is 81.1 Å². The van der Waals surface area contributed by atoms with Crippen molar-refractivity contribution in [1.82, 2.24) is 0 Å². The van der Waals surface area contributed by atoms with Crippen molar-refractivity contribution >= 4 is 88.6 Å². The van der Waals surface area contributed by atoms with Crippen molar-refractivity contribution in [3.05, 3.63) is 138 Å². The lowest BCUT2D eigenvalue weighted by molar-refractivity contribution is 0.106. The van der Waals surface area contributed by atoms with Crippen LogP contribution in [-0.4, -0.2) is 23.0 Å². The number of rotatable bonds is 2. The van der Waals surface area contributed by atoms with Gasteiger partial charge in [0, 0.05) is 38.0 Å². The molecule has 0 atom stereocenters. The molecule has 3 aromatic heterocycles. The molecular weight excluding hydrogens is 717 g/mol. The van der Waals surface area contributed by atoms with Gasteiger partial charge in [0.2, 0.25) is 11.6 Å². The van der Waals surface area contributed by atoms with Crippen molar-refractivity contribution < 1.29 is 9.59 Å². The number of hydrogen-bond donors (Lipinski definition) is 0. The number of ketones is 2. The molecule has 8 nitrogen and oxygen atoms in total. The number of hydrogen-bond acceptors (Lipinski definition) is 9. The van der Waals surface area contributed by atoms with E-state index >= 15 is 0 Å². The second-order valence-corrected chi connectivity index (χ2v) is 17.1. The fraction of sp³-hybridized carbons (Fsp3) is 0.143. The molecule has 2 aromatic carbocycles. The van der Waals surface area contributed by atoms with E-state index in [0.717, 1.165) is 30.5 Å². The number of fused-ring (bicyclic) bond motifs is 9. The van der Waals surface area contributed by atoms with E-state index in [0.29, 0.717) is 33.0 Å². The molecule has 0 fully saturated rings. The maximum Gasteiger partial charge on any atom is 0.271 e. The van der Waals surface area contributed by atoms with Crippen LogP contribution >= 0.6 is 34.0 Å². The lowest BCUT2D eigenvalue weighted by Crippen LogP contribution is -2.18. The zero-order chi connectivity index (χ0) is 37.1. The van der Waals surface area contributed by atoms with E-state index in [1.54, 1.807) is 71.2 Å². The minimum absolute atomic E-state index is 0.115. The minimum atomic E-state index is -0.578. The summed E-state index contributed by atoms with van der Waals surface area (Å²) in [6, 6.07) is 20.0. The minimum Gasteiger partial charge on any atom is -0.287 e. The Balaban J connectivity index is 1.14. The molecule has 0 spiro atoms. The number of thiophene rings is 3. The number of nitriles is 2. The van der Waals surface area contributed by atoms with Gasteiger partial charge in [-0.3, -0.25) is 9.59 Å². The number of aliphatic imine (C=N–C) groups is 2. The summed E-state index contributed by atoms with van der Waals surface area (Å²) in [5.74, 6) is -0.597. The molecule has 9 rings (SSSR count). The van der Waals surface area contributed by atoms with Gasteiger partial charge in [0.1, 0.15) is 16.4 Å². The summed E-state index contributed by atoms with van der Waals surface area (Å²) >= 11 is 4.94. The average molecular weight is 739 g/mol. The first-order valence-corrected chi connectivity index (χ1v) is 18.9. The second kappa shape index (κ2) is 11.1. The second-order valence-electron chi connectivity index (χ2n) is 14.0. The van der Waals surface area contributed by atoms with Crippen molar-refractivity contribution in [3.8, 4) is 21.9 Å². The monoisotopic (exact) mass is 738 g/mol. The molecule has 53 heavy (non-hydrogen) atoms. The van der Waals surface area contributed by atoms with Gasteiger partial charge < -0.3 is 0 Å². The van der Waals surface area contributed by atoms with Gasteiger partial charge in [-0.05, 0) is 40.0 Å². The molecule has 4 aliphatic rings. The third kappa shape index (κ3) is 4.22. The van der Waals surface area contributed by atoms with Gasteiger partial charge in [-0.2, -0.15) is 0 Å². The van der Waals surface area contributed by atoms with Crippen molar-refractivity contribution in [1.29, 1.82) is 10.5 Å². The zero-order valence-electron chi connectivity index (χ0n) is 28.5. The van der Waals surface area contributed by atoms with Crippen LogP contribution in [0.5, 0.6) is 0 Å². The van der Waals surface area contributed by atoms with E-state index in [9.17, 15) is 20.1 Å². The number of allylic oxidation sites excluding steroid dienone is 5. The van der Waals surface area contributed by atoms with Crippen LogP contribution in [0.15, 0.2) is 81.7 Å².